The summed E-state index contributed by atoms with van der Waals surface area (Å²) in [5.41, 5.74) is -1.40. The second kappa shape index (κ2) is 2.33. The van der Waals surface area contributed by atoms with Crippen LogP contribution in [-0.2, 0) is 0 Å². The minimum atomic E-state index is -1.45. The van der Waals surface area contributed by atoms with E-state index in [1.165, 1.54) is 0 Å². The van der Waals surface area contributed by atoms with Gasteiger partial charge in [0, 0.05) is 0 Å². The van der Waals surface area contributed by atoms with Gasteiger partial charge in [-0.25, -0.2) is 0 Å². The summed E-state index contributed by atoms with van der Waals surface area (Å²) in [6, 6.07) is 0. The van der Waals surface area contributed by atoms with Crippen molar-refractivity contribution in [3.8, 4) is 0 Å². The Labute approximate surface area is 85.6 Å². The highest BCUT2D eigenvalue weighted by atomic mass is 35.5. The molecule has 5 heteroatoms. The van der Waals surface area contributed by atoms with Gasteiger partial charge in [0.25, 0.3) is 0 Å². The topological polar surface area (TPSA) is 20.2 Å². The second-order valence-electron chi connectivity index (χ2n) is 3.07. The Morgan fingerprint density at radius 3 is 1.27 bits per heavy atom. The van der Waals surface area contributed by atoms with Crippen LogP contribution in [0.1, 0.15) is 13.8 Å². The highest BCUT2D eigenvalue weighted by Gasteiger charge is 2.88. The first-order chi connectivity index (χ1) is 4.69. The third-order valence-corrected chi connectivity index (χ3v) is 4.80. The molecule has 0 aromatic rings. The van der Waals surface area contributed by atoms with E-state index in [9.17, 15) is 5.11 Å². The Balaban J connectivity index is 2.96. The van der Waals surface area contributed by atoms with E-state index in [2.05, 4.69) is 0 Å². The molecule has 11 heavy (non-hydrogen) atoms. The van der Waals surface area contributed by atoms with E-state index in [1.54, 1.807) is 13.8 Å². The fourth-order valence-electron chi connectivity index (χ4n) is 1.15. The number of alkyl halides is 4. The minimum absolute atomic E-state index is 0.174. The van der Waals surface area contributed by atoms with Crippen LogP contribution in [0.2, 0.25) is 0 Å². The first kappa shape index (κ1) is 10.2. The molecular weight excluding hydrogens is 230 g/mol. The summed E-state index contributed by atoms with van der Waals surface area (Å²) in [6.45, 7) is 3.51. The molecule has 1 nitrogen and oxygen atoms in total. The molecule has 0 unspecified atom stereocenters. The Morgan fingerprint density at radius 2 is 1.27 bits per heavy atom. The fraction of sp³-hybridized carbons (Fsp3) is 1.00. The van der Waals surface area contributed by atoms with Crippen LogP contribution in [0.25, 0.3) is 0 Å². The van der Waals surface area contributed by atoms with E-state index < -0.39 is 14.3 Å². The largest absolute Gasteiger partial charge is 0.383 e. The third kappa shape index (κ3) is 0.896. The highest BCUT2D eigenvalue weighted by molar-refractivity contribution is 6.69. The van der Waals surface area contributed by atoms with Gasteiger partial charge in [-0.2, -0.15) is 0 Å². The maximum atomic E-state index is 9.73. The second-order valence-corrected chi connectivity index (χ2v) is 5.72. The molecule has 0 bridgehead atoms. The summed E-state index contributed by atoms with van der Waals surface area (Å²) in [7, 11) is 0. The summed E-state index contributed by atoms with van der Waals surface area (Å²) < 4.78 is -2.89. The molecule has 1 N–H and O–H groups in total. The molecular formula is C6H8Cl4O. The fourth-order valence-corrected chi connectivity index (χ4v) is 3.17. The Kier molecular flexibility index (Phi) is 2.16. The lowest BCUT2D eigenvalue weighted by Gasteiger charge is -2.14. The van der Waals surface area contributed by atoms with Crippen molar-refractivity contribution >= 4 is 46.4 Å². The molecule has 0 aromatic heterocycles. The Bertz CT molecular complexity index is 173. The smallest absolute Gasteiger partial charge is 0.185 e. The van der Waals surface area contributed by atoms with Crippen molar-refractivity contribution in [3.05, 3.63) is 0 Å². The maximum absolute atomic E-state index is 9.73. The van der Waals surface area contributed by atoms with Gasteiger partial charge < -0.3 is 5.11 Å². The number of hydrogen-bond donors (Lipinski definition) is 1. The molecule has 0 amide bonds. The zero-order chi connectivity index (χ0) is 9.08. The van der Waals surface area contributed by atoms with Crippen molar-refractivity contribution < 1.29 is 5.11 Å². The van der Waals surface area contributed by atoms with Crippen molar-refractivity contribution in [2.45, 2.75) is 28.1 Å². The molecule has 0 aromatic carbocycles. The monoisotopic (exact) mass is 236 g/mol. The van der Waals surface area contributed by atoms with Crippen molar-refractivity contribution in [2.24, 2.45) is 5.92 Å². The van der Waals surface area contributed by atoms with Gasteiger partial charge in [0.15, 0.2) is 8.67 Å². The molecule has 66 valence electrons. The van der Waals surface area contributed by atoms with Gasteiger partial charge in [-0.15, -0.1) is 0 Å². The highest BCUT2D eigenvalue weighted by Crippen LogP contribution is 2.74. The van der Waals surface area contributed by atoms with Crippen LogP contribution in [0.15, 0.2) is 0 Å². The van der Waals surface area contributed by atoms with Crippen LogP contribution >= 0.6 is 46.4 Å². The van der Waals surface area contributed by atoms with E-state index in [4.69, 9.17) is 46.4 Å². The molecule has 0 radical (unpaired) electrons. The van der Waals surface area contributed by atoms with Crippen molar-refractivity contribution in [1.82, 2.24) is 0 Å². The van der Waals surface area contributed by atoms with E-state index in [1.807, 2.05) is 0 Å². The molecule has 1 aliphatic carbocycles. The van der Waals surface area contributed by atoms with Crippen molar-refractivity contribution in [1.29, 1.82) is 0 Å². The molecule has 0 heterocycles. The molecule has 1 fully saturated rings. The summed E-state index contributed by atoms with van der Waals surface area (Å²) >= 11 is 22.7. The molecule has 1 rings (SSSR count). The van der Waals surface area contributed by atoms with Crippen LogP contribution in [0, 0.1) is 5.92 Å². The zero-order valence-corrected chi connectivity index (χ0v) is 9.06. The van der Waals surface area contributed by atoms with E-state index in [0.717, 1.165) is 0 Å². The maximum Gasteiger partial charge on any atom is 0.185 e. The Morgan fingerprint density at radius 1 is 1.00 bits per heavy atom. The SMILES string of the molecule is CC(C)C1(O)C(Cl)(Cl)C1(Cl)Cl. The predicted octanol–water partition coefficient (Wildman–Crippen LogP) is 2.73. The van der Waals surface area contributed by atoms with Gasteiger partial charge in [-0.1, -0.05) is 60.3 Å². The molecule has 1 saturated carbocycles. The van der Waals surface area contributed by atoms with Crippen LogP contribution in [0.5, 0.6) is 0 Å². The summed E-state index contributed by atoms with van der Waals surface area (Å²) in [5, 5.41) is 9.73. The lowest BCUT2D eigenvalue weighted by atomic mass is 10.1. The number of aliphatic hydroxyl groups is 1. The normalized spacial score (nSPS) is 30.5. The lowest BCUT2D eigenvalue weighted by Crippen LogP contribution is -2.26. The average Bonchev–Trinajstić information content (AvgIpc) is 2.11. The number of halogens is 4. The van der Waals surface area contributed by atoms with Crippen LogP contribution in [-0.4, -0.2) is 19.4 Å². The summed E-state index contributed by atoms with van der Waals surface area (Å²) in [4.78, 5) is 0. The molecule has 0 spiro atoms. The van der Waals surface area contributed by atoms with Crippen molar-refractivity contribution in [2.75, 3.05) is 0 Å². The molecule has 0 saturated heterocycles. The minimum Gasteiger partial charge on any atom is -0.383 e. The van der Waals surface area contributed by atoms with Crippen molar-refractivity contribution in [3.63, 3.8) is 0 Å². The average molecular weight is 238 g/mol. The first-order valence-corrected chi connectivity index (χ1v) is 4.68. The quantitative estimate of drug-likeness (QED) is 0.696. The van der Waals surface area contributed by atoms with Gasteiger partial charge in [0.2, 0.25) is 0 Å². The Hall–Kier alpha value is 1.12. The van der Waals surface area contributed by atoms with Gasteiger partial charge in [0.05, 0.1) is 0 Å². The van der Waals surface area contributed by atoms with Gasteiger partial charge in [-0.3, -0.25) is 0 Å². The van der Waals surface area contributed by atoms with Gasteiger partial charge in [-0.05, 0) is 5.92 Å². The van der Waals surface area contributed by atoms with E-state index in [0.29, 0.717) is 0 Å². The molecule has 0 aliphatic heterocycles. The van der Waals surface area contributed by atoms with E-state index in [-0.39, 0.29) is 5.92 Å². The third-order valence-electron chi connectivity index (χ3n) is 2.12. The lowest BCUT2D eigenvalue weighted by molar-refractivity contribution is 0.0937. The zero-order valence-electron chi connectivity index (χ0n) is 6.04. The number of hydrogen-bond acceptors (Lipinski definition) is 1. The van der Waals surface area contributed by atoms with Crippen LogP contribution in [0.4, 0.5) is 0 Å². The first-order valence-electron chi connectivity index (χ1n) is 3.17. The summed E-state index contributed by atoms with van der Waals surface area (Å²) in [6.07, 6.45) is 0. The van der Waals surface area contributed by atoms with Crippen LogP contribution in [0.3, 0.4) is 0 Å². The van der Waals surface area contributed by atoms with E-state index >= 15 is 0 Å². The van der Waals surface area contributed by atoms with Crippen LogP contribution < -0.4 is 0 Å². The molecule has 1 aliphatic rings. The standard InChI is InChI=1S/C6H8Cl4O/c1-3(2)4(11)5(7,8)6(4,9)10/h3,11H,1-2H3. The van der Waals surface area contributed by atoms with Gasteiger partial charge >= 0.3 is 0 Å². The number of rotatable bonds is 1. The predicted molar refractivity (Wildman–Crippen MR) is 48.7 cm³/mol. The summed E-state index contributed by atoms with van der Waals surface area (Å²) in [5.74, 6) is -0.174. The molecule has 0 atom stereocenters. The van der Waals surface area contributed by atoms with Gasteiger partial charge in [0.1, 0.15) is 5.60 Å².